The summed E-state index contributed by atoms with van der Waals surface area (Å²) >= 11 is 0. The molecule has 0 spiro atoms. The fourth-order valence-electron chi connectivity index (χ4n) is 1.38. The van der Waals surface area contributed by atoms with Crippen LogP contribution in [-0.2, 0) is 11.4 Å². The van der Waals surface area contributed by atoms with E-state index in [2.05, 4.69) is 5.32 Å². The molecule has 94 valence electrons. The van der Waals surface area contributed by atoms with Crippen LogP contribution in [0.5, 0.6) is 0 Å². The van der Waals surface area contributed by atoms with E-state index in [1.807, 2.05) is 26.8 Å². The molecule has 0 saturated carbocycles. The summed E-state index contributed by atoms with van der Waals surface area (Å²) in [6.45, 7) is 5.63. The molecular weight excluding hydrogens is 216 g/mol. The zero-order chi connectivity index (χ0) is 13.1. The first-order chi connectivity index (χ1) is 7.86. The number of nitrogens with two attached hydrogens (primary N) is 1. The van der Waals surface area contributed by atoms with E-state index in [-0.39, 0.29) is 17.9 Å². The van der Waals surface area contributed by atoms with Crippen molar-refractivity contribution in [3.63, 3.8) is 0 Å². The van der Waals surface area contributed by atoms with Gasteiger partial charge in [-0.05, 0) is 11.5 Å². The Morgan fingerprint density at radius 3 is 2.53 bits per heavy atom. The molecule has 1 amide bonds. The molecule has 0 heterocycles. The van der Waals surface area contributed by atoms with E-state index < -0.39 is 6.04 Å². The van der Waals surface area contributed by atoms with Crippen LogP contribution in [0.15, 0.2) is 24.3 Å². The first kappa shape index (κ1) is 13.7. The number of rotatable bonds is 3. The van der Waals surface area contributed by atoms with Gasteiger partial charge in [0.2, 0.25) is 5.91 Å². The highest BCUT2D eigenvalue weighted by molar-refractivity contribution is 5.95. The number of aliphatic hydroxyl groups excluding tert-OH is 1. The molecule has 1 aromatic rings. The van der Waals surface area contributed by atoms with Gasteiger partial charge in [-0.15, -0.1) is 0 Å². The van der Waals surface area contributed by atoms with Gasteiger partial charge >= 0.3 is 0 Å². The quantitative estimate of drug-likeness (QED) is 0.744. The minimum atomic E-state index is -0.589. The Morgan fingerprint density at radius 1 is 1.41 bits per heavy atom. The third kappa shape index (κ3) is 3.54. The van der Waals surface area contributed by atoms with Gasteiger partial charge in [0.25, 0.3) is 0 Å². The van der Waals surface area contributed by atoms with Crippen LogP contribution in [0.2, 0.25) is 0 Å². The highest BCUT2D eigenvalue weighted by Gasteiger charge is 2.27. The Morgan fingerprint density at radius 2 is 2.00 bits per heavy atom. The number of aliphatic hydroxyl groups is 1. The van der Waals surface area contributed by atoms with E-state index in [1.165, 1.54) is 0 Å². The van der Waals surface area contributed by atoms with Gasteiger partial charge in [-0.25, -0.2) is 0 Å². The van der Waals surface area contributed by atoms with Gasteiger partial charge in [0.05, 0.1) is 12.6 Å². The van der Waals surface area contributed by atoms with E-state index in [0.29, 0.717) is 11.3 Å². The standard InChI is InChI=1S/C13H20N2O2/c1-13(2,3)11(14)12(17)15-10-7-5-4-6-9(10)8-16/h4-7,11,16H,8,14H2,1-3H3,(H,15,17)/t11-/m1/s1. The SMILES string of the molecule is CC(C)(C)[C@H](N)C(=O)Nc1ccccc1CO. The van der Waals surface area contributed by atoms with E-state index in [0.717, 1.165) is 0 Å². The normalized spacial score (nSPS) is 13.2. The molecule has 4 nitrogen and oxygen atoms in total. The zero-order valence-electron chi connectivity index (χ0n) is 10.5. The number of nitrogens with one attached hydrogen (secondary N) is 1. The molecule has 0 fully saturated rings. The topological polar surface area (TPSA) is 75.4 Å². The number of anilines is 1. The molecule has 0 bridgehead atoms. The Hall–Kier alpha value is -1.39. The van der Waals surface area contributed by atoms with Crippen molar-refractivity contribution in [2.45, 2.75) is 33.4 Å². The number of hydrogen-bond acceptors (Lipinski definition) is 3. The summed E-state index contributed by atoms with van der Waals surface area (Å²) < 4.78 is 0. The van der Waals surface area contributed by atoms with Crippen molar-refractivity contribution in [2.75, 3.05) is 5.32 Å². The highest BCUT2D eigenvalue weighted by Crippen LogP contribution is 2.20. The lowest BCUT2D eigenvalue weighted by Crippen LogP contribution is -2.45. The van der Waals surface area contributed by atoms with Gasteiger partial charge in [-0.3, -0.25) is 4.79 Å². The van der Waals surface area contributed by atoms with Crippen LogP contribution in [0.1, 0.15) is 26.3 Å². The summed E-state index contributed by atoms with van der Waals surface area (Å²) in [5.41, 5.74) is 6.86. The number of hydrogen-bond donors (Lipinski definition) is 3. The smallest absolute Gasteiger partial charge is 0.241 e. The molecule has 4 N–H and O–H groups in total. The Balaban J connectivity index is 2.81. The van der Waals surface area contributed by atoms with Gasteiger partial charge < -0.3 is 16.2 Å². The molecule has 0 aromatic heterocycles. The van der Waals surface area contributed by atoms with Gasteiger partial charge in [-0.1, -0.05) is 39.0 Å². The van der Waals surface area contributed by atoms with Gasteiger partial charge in [0.1, 0.15) is 0 Å². The zero-order valence-corrected chi connectivity index (χ0v) is 10.5. The Bertz CT molecular complexity index is 397. The monoisotopic (exact) mass is 236 g/mol. The van der Waals surface area contributed by atoms with Gasteiger partial charge in [0, 0.05) is 11.3 Å². The van der Waals surface area contributed by atoms with Crippen LogP contribution in [0.4, 0.5) is 5.69 Å². The van der Waals surface area contributed by atoms with Crippen molar-refractivity contribution in [1.29, 1.82) is 0 Å². The highest BCUT2D eigenvalue weighted by atomic mass is 16.3. The molecule has 0 radical (unpaired) electrons. The lowest BCUT2D eigenvalue weighted by molar-refractivity contribution is -0.119. The molecule has 1 rings (SSSR count). The van der Waals surface area contributed by atoms with Crippen LogP contribution >= 0.6 is 0 Å². The number of carbonyl (C=O) groups excluding carboxylic acids is 1. The second kappa shape index (κ2) is 5.29. The molecule has 1 aromatic carbocycles. The summed E-state index contributed by atoms with van der Waals surface area (Å²) in [6, 6.07) is 6.54. The Kier molecular flexibility index (Phi) is 4.26. The van der Waals surface area contributed by atoms with Crippen molar-refractivity contribution >= 4 is 11.6 Å². The van der Waals surface area contributed by atoms with Crippen LogP contribution in [0.25, 0.3) is 0 Å². The van der Waals surface area contributed by atoms with E-state index in [1.54, 1.807) is 18.2 Å². The summed E-state index contributed by atoms with van der Waals surface area (Å²) in [4.78, 5) is 11.9. The van der Waals surface area contributed by atoms with Crippen molar-refractivity contribution in [1.82, 2.24) is 0 Å². The number of benzene rings is 1. The van der Waals surface area contributed by atoms with Crippen LogP contribution in [-0.4, -0.2) is 17.1 Å². The summed E-state index contributed by atoms with van der Waals surface area (Å²) in [7, 11) is 0. The number of para-hydroxylation sites is 1. The minimum absolute atomic E-state index is 0.110. The fourth-order valence-corrected chi connectivity index (χ4v) is 1.38. The van der Waals surface area contributed by atoms with Crippen molar-refractivity contribution in [3.8, 4) is 0 Å². The van der Waals surface area contributed by atoms with Crippen LogP contribution in [0, 0.1) is 5.41 Å². The predicted octanol–water partition coefficient (Wildman–Crippen LogP) is 1.49. The predicted molar refractivity (Wildman–Crippen MR) is 68.4 cm³/mol. The summed E-state index contributed by atoms with van der Waals surface area (Å²) in [6.07, 6.45) is 0. The van der Waals surface area contributed by atoms with E-state index in [9.17, 15) is 4.79 Å². The van der Waals surface area contributed by atoms with E-state index >= 15 is 0 Å². The largest absolute Gasteiger partial charge is 0.392 e. The van der Waals surface area contributed by atoms with E-state index in [4.69, 9.17) is 10.8 Å². The van der Waals surface area contributed by atoms with Crippen LogP contribution < -0.4 is 11.1 Å². The number of amides is 1. The molecule has 0 aliphatic carbocycles. The van der Waals surface area contributed by atoms with Gasteiger partial charge in [0.15, 0.2) is 0 Å². The maximum absolute atomic E-state index is 11.9. The first-order valence-corrected chi connectivity index (χ1v) is 5.61. The first-order valence-electron chi connectivity index (χ1n) is 5.61. The Labute approximate surface area is 102 Å². The lowest BCUT2D eigenvalue weighted by Gasteiger charge is -2.26. The van der Waals surface area contributed by atoms with Crippen molar-refractivity contribution in [3.05, 3.63) is 29.8 Å². The molecule has 0 aliphatic rings. The minimum Gasteiger partial charge on any atom is -0.392 e. The molecule has 4 heteroatoms. The second-order valence-corrected chi connectivity index (χ2v) is 5.15. The van der Waals surface area contributed by atoms with Crippen molar-refractivity contribution in [2.24, 2.45) is 11.1 Å². The number of carbonyl (C=O) groups is 1. The molecule has 0 saturated heterocycles. The molecular formula is C13H20N2O2. The maximum atomic E-state index is 11.9. The molecule has 1 atom stereocenters. The van der Waals surface area contributed by atoms with Crippen LogP contribution in [0.3, 0.4) is 0 Å². The third-order valence-corrected chi connectivity index (χ3v) is 2.66. The van der Waals surface area contributed by atoms with Crippen molar-refractivity contribution < 1.29 is 9.90 Å². The average Bonchev–Trinajstić information content (AvgIpc) is 2.27. The molecule has 17 heavy (non-hydrogen) atoms. The lowest BCUT2D eigenvalue weighted by atomic mass is 9.87. The van der Waals surface area contributed by atoms with Gasteiger partial charge in [-0.2, -0.15) is 0 Å². The molecule has 0 aliphatic heterocycles. The maximum Gasteiger partial charge on any atom is 0.241 e. The molecule has 0 unspecified atom stereocenters. The second-order valence-electron chi connectivity index (χ2n) is 5.15. The summed E-state index contributed by atoms with van der Waals surface area (Å²) in [5, 5.41) is 11.9. The summed E-state index contributed by atoms with van der Waals surface area (Å²) in [5.74, 6) is -0.238. The average molecular weight is 236 g/mol. The fraction of sp³-hybridized carbons (Fsp3) is 0.462. The third-order valence-electron chi connectivity index (χ3n) is 2.66.